The lowest BCUT2D eigenvalue weighted by Crippen LogP contribution is -2.51. The Balaban J connectivity index is 1.72. The van der Waals surface area contributed by atoms with Gasteiger partial charge in [-0.15, -0.1) is 0 Å². The third kappa shape index (κ3) is 2.60. The Morgan fingerprint density at radius 3 is 2.76 bits per heavy atom. The van der Waals surface area contributed by atoms with Crippen molar-refractivity contribution < 1.29 is 19.4 Å². The normalized spacial score (nSPS) is 27.9. The molecule has 21 heavy (non-hydrogen) atoms. The van der Waals surface area contributed by atoms with E-state index in [4.69, 9.17) is 9.84 Å². The van der Waals surface area contributed by atoms with Crippen LogP contribution in [0.2, 0.25) is 0 Å². The lowest BCUT2D eigenvalue weighted by atomic mass is 9.93. The highest BCUT2D eigenvalue weighted by molar-refractivity contribution is 5.84. The number of piperidine rings is 1. The minimum Gasteiger partial charge on any atom is -0.481 e. The fourth-order valence-electron chi connectivity index (χ4n) is 3.12. The van der Waals surface area contributed by atoms with E-state index in [2.05, 4.69) is 0 Å². The number of amides is 1. The number of carbonyl (C=O) groups excluding carboxylic acids is 1. The molecule has 1 saturated heterocycles. The van der Waals surface area contributed by atoms with E-state index < -0.39 is 18.0 Å². The van der Waals surface area contributed by atoms with E-state index in [0.717, 1.165) is 17.7 Å². The quantitative estimate of drug-likeness (QED) is 0.900. The van der Waals surface area contributed by atoms with Crippen LogP contribution in [-0.2, 0) is 16.0 Å². The molecule has 1 N–H and O–H groups in total. The summed E-state index contributed by atoms with van der Waals surface area (Å²) in [4.78, 5) is 25.5. The van der Waals surface area contributed by atoms with E-state index in [1.165, 1.54) is 0 Å². The molecule has 0 aromatic heterocycles. The summed E-state index contributed by atoms with van der Waals surface area (Å²) in [5, 5.41) is 9.16. The second-order valence-corrected chi connectivity index (χ2v) is 5.87. The van der Waals surface area contributed by atoms with Gasteiger partial charge >= 0.3 is 5.97 Å². The molecule has 0 radical (unpaired) electrons. The van der Waals surface area contributed by atoms with Gasteiger partial charge in [0.25, 0.3) is 5.91 Å². The van der Waals surface area contributed by atoms with Gasteiger partial charge in [0.2, 0.25) is 0 Å². The molecule has 0 saturated carbocycles. The van der Waals surface area contributed by atoms with Crippen LogP contribution in [0.25, 0.3) is 0 Å². The van der Waals surface area contributed by atoms with Crippen LogP contribution in [0.1, 0.15) is 25.3 Å². The Morgan fingerprint density at radius 1 is 1.29 bits per heavy atom. The average Bonchev–Trinajstić information content (AvgIpc) is 2.90. The van der Waals surface area contributed by atoms with Gasteiger partial charge in [0.1, 0.15) is 5.75 Å². The predicted octanol–water partition coefficient (Wildman–Crippen LogP) is 1.70. The third-order valence-corrected chi connectivity index (χ3v) is 4.44. The molecule has 3 atom stereocenters. The van der Waals surface area contributed by atoms with E-state index in [1.54, 1.807) is 4.90 Å². The molecular weight excluding hydrogens is 270 g/mol. The molecular formula is C16H19NO4. The zero-order chi connectivity index (χ0) is 15.0. The maximum atomic E-state index is 12.7. The van der Waals surface area contributed by atoms with Crippen LogP contribution in [0.3, 0.4) is 0 Å². The minimum absolute atomic E-state index is 0.0698. The Bertz CT molecular complexity index is 546. The number of hydrogen-bond acceptors (Lipinski definition) is 3. The number of aliphatic carboxylic acids is 1. The molecule has 2 heterocycles. The molecule has 0 spiro atoms. The molecule has 112 valence electrons. The maximum Gasteiger partial charge on any atom is 0.308 e. The molecule has 1 aromatic rings. The molecule has 2 aliphatic rings. The number of nitrogens with zero attached hydrogens (tertiary/aromatic N) is 1. The van der Waals surface area contributed by atoms with E-state index in [9.17, 15) is 9.59 Å². The van der Waals surface area contributed by atoms with Crippen molar-refractivity contribution in [2.24, 2.45) is 5.92 Å². The largest absolute Gasteiger partial charge is 0.481 e. The number of ether oxygens (including phenoxy) is 1. The van der Waals surface area contributed by atoms with Crippen molar-refractivity contribution in [2.45, 2.75) is 38.3 Å². The second kappa shape index (κ2) is 5.39. The summed E-state index contributed by atoms with van der Waals surface area (Å²) in [6, 6.07) is 7.71. The van der Waals surface area contributed by atoms with Gasteiger partial charge in [0, 0.05) is 19.0 Å². The Labute approximate surface area is 123 Å². The van der Waals surface area contributed by atoms with Gasteiger partial charge in [-0.2, -0.15) is 0 Å². The van der Waals surface area contributed by atoms with Crippen molar-refractivity contribution in [3.05, 3.63) is 29.8 Å². The van der Waals surface area contributed by atoms with Crippen LogP contribution in [0.5, 0.6) is 5.75 Å². The summed E-state index contributed by atoms with van der Waals surface area (Å²) >= 11 is 0. The number of fused-ring (bicyclic) bond motifs is 1. The van der Waals surface area contributed by atoms with Crippen molar-refractivity contribution in [1.29, 1.82) is 0 Å². The number of carboxylic acids is 1. The average molecular weight is 289 g/mol. The number of carbonyl (C=O) groups is 2. The molecule has 1 aromatic carbocycles. The molecule has 1 fully saturated rings. The summed E-state index contributed by atoms with van der Waals surface area (Å²) in [6.07, 6.45) is 1.40. The zero-order valence-corrected chi connectivity index (χ0v) is 12.0. The van der Waals surface area contributed by atoms with Crippen molar-refractivity contribution >= 4 is 11.9 Å². The summed E-state index contributed by atoms with van der Waals surface area (Å²) in [6.45, 7) is 2.25. The zero-order valence-electron chi connectivity index (χ0n) is 12.0. The van der Waals surface area contributed by atoms with Crippen LogP contribution < -0.4 is 4.74 Å². The fraction of sp³-hybridized carbons (Fsp3) is 0.500. The maximum absolute atomic E-state index is 12.7. The monoisotopic (exact) mass is 289 g/mol. The minimum atomic E-state index is -0.824. The topological polar surface area (TPSA) is 66.8 Å². The Kier molecular flexibility index (Phi) is 3.57. The predicted molar refractivity (Wildman–Crippen MR) is 76.1 cm³/mol. The van der Waals surface area contributed by atoms with Crippen molar-refractivity contribution in [2.75, 3.05) is 6.54 Å². The molecule has 0 aliphatic carbocycles. The Morgan fingerprint density at radius 2 is 2.05 bits per heavy atom. The Hall–Kier alpha value is -2.04. The van der Waals surface area contributed by atoms with Crippen LogP contribution >= 0.6 is 0 Å². The summed E-state index contributed by atoms with van der Waals surface area (Å²) < 4.78 is 5.73. The number of carboxylic acid groups (broad SMARTS) is 1. The summed E-state index contributed by atoms with van der Waals surface area (Å²) in [7, 11) is 0. The molecule has 5 nitrogen and oxygen atoms in total. The first-order chi connectivity index (χ1) is 10.1. The van der Waals surface area contributed by atoms with Gasteiger partial charge in [-0.25, -0.2) is 0 Å². The second-order valence-electron chi connectivity index (χ2n) is 5.87. The number of para-hydroxylation sites is 1. The van der Waals surface area contributed by atoms with E-state index in [1.807, 2.05) is 31.2 Å². The lowest BCUT2D eigenvalue weighted by Gasteiger charge is -2.37. The molecule has 1 amide bonds. The van der Waals surface area contributed by atoms with Crippen LogP contribution in [0.4, 0.5) is 0 Å². The van der Waals surface area contributed by atoms with Gasteiger partial charge in [-0.1, -0.05) is 18.2 Å². The van der Waals surface area contributed by atoms with Gasteiger partial charge in [0.05, 0.1) is 5.92 Å². The summed E-state index contributed by atoms with van der Waals surface area (Å²) in [5.74, 6) is -0.621. The first-order valence-corrected chi connectivity index (χ1v) is 7.34. The highest BCUT2D eigenvalue weighted by Crippen LogP contribution is 2.31. The van der Waals surface area contributed by atoms with Gasteiger partial charge in [0.15, 0.2) is 6.10 Å². The lowest BCUT2D eigenvalue weighted by molar-refractivity contribution is -0.149. The first kappa shape index (κ1) is 13.9. The van der Waals surface area contributed by atoms with Crippen molar-refractivity contribution in [3.63, 3.8) is 0 Å². The molecule has 2 aliphatic heterocycles. The highest BCUT2D eigenvalue weighted by Gasteiger charge is 2.38. The van der Waals surface area contributed by atoms with Crippen LogP contribution in [0.15, 0.2) is 24.3 Å². The molecule has 0 bridgehead atoms. The van der Waals surface area contributed by atoms with Crippen molar-refractivity contribution in [3.8, 4) is 5.75 Å². The van der Waals surface area contributed by atoms with Crippen LogP contribution in [0, 0.1) is 5.92 Å². The third-order valence-electron chi connectivity index (χ3n) is 4.44. The van der Waals surface area contributed by atoms with E-state index in [0.29, 0.717) is 12.8 Å². The molecule has 3 rings (SSSR count). The van der Waals surface area contributed by atoms with Gasteiger partial charge in [-0.3, -0.25) is 9.59 Å². The number of hydrogen-bond donors (Lipinski definition) is 1. The summed E-state index contributed by atoms with van der Waals surface area (Å²) in [5.41, 5.74) is 1.04. The van der Waals surface area contributed by atoms with Crippen LogP contribution in [-0.4, -0.2) is 40.6 Å². The first-order valence-electron chi connectivity index (χ1n) is 7.34. The standard InChI is InChI=1S/C16H19NO4/c1-10-6-7-12(16(19)20)9-17(10)15(18)14-8-11-4-2-3-5-13(11)21-14/h2-5,10,12,14H,6-9H2,1H3,(H,19,20). The number of rotatable bonds is 2. The number of likely N-dealkylation sites (tertiary alicyclic amines) is 1. The fourth-order valence-corrected chi connectivity index (χ4v) is 3.12. The highest BCUT2D eigenvalue weighted by atomic mass is 16.5. The van der Waals surface area contributed by atoms with E-state index in [-0.39, 0.29) is 18.5 Å². The SMILES string of the molecule is CC1CCC(C(=O)O)CN1C(=O)C1Cc2ccccc2O1. The molecule has 5 heteroatoms. The van der Waals surface area contributed by atoms with Gasteiger partial charge in [-0.05, 0) is 31.4 Å². The van der Waals surface area contributed by atoms with Gasteiger partial charge < -0.3 is 14.7 Å². The number of benzene rings is 1. The van der Waals surface area contributed by atoms with E-state index >= 15 is 0 Å². The van der Waals surface area contributed by atoms with Crippen molar-refractivity contribution in [1.82, 2.24) is 4.90 Å². The molecule has 3 unspecified atom stereocenters. The smallest absolute Gasteiger partial charge is 0.308 e.